The van der Waals surface area contributed by atoms with Crippen molar-refractivity contribution in [2.45, 2.75) is 32.7 Å². The van der Waals surface area contributed by atoms with E-state index >= 15 is 0 Å². The fraction of sp³-hybridized carbons (Fsp3) is 1.00. The topological polar surface area (TPSA) is 49.4 Å². The van der Waals surface area contributed by atoms with E-state index in [1.807, 2.05) is 11.9 Å². The van der Waals surface area contributed by atoms with Crippen LogP contribution in [0.3, 0.4) is 0 Å². The Hall–Kier alpha value is -0.130. The van der Waals surface area contributed by atoms with E-state index in [1.54, 1.807) is 0 Å². The summed E-state index contributed by atoms with van der Waals surface area (Å²) >= 11 is 0. The van der Waals surface area contributed by atoms with Crippen molar-refractivity contribution in [3.05, 3.63) is 0 Å². The van der Waals surface area contributed by atoms with Crippen molar-refractivity contribution >= 4 is 9.84 Å². The summed E-state index contributed by atoms with van der Waals surface area (Å²) in [5.74, 6) is 0.244. The molecule has 1 unspecified atom stereocenters. The highest BCUT2D eigenvalue weighted by Gasteiger charge is 2.05. The molecule has 16 heavy (non-hydrogen) atoms. The van der Waals surface area contributed by atoms with E-state index in [0.29, 0.717) is 12.6 Å². The Balaban J connectivity index is 3.54. The fourth-order valence-electron chi connectivity index (χ4n) is 1.47. The van der Waals surface area contributed by atoms with Gasteiger partial charge in [0.25, 0.3) is 0 Å². The zero-order chi connectivity index (χ0) is 12.6. The van der Waals surface area contributed by atoms with Gasteiger partial charge in [-0.3, -0.25) is 0 Å². The maximum absolute atomic E-state index is 11.0. The summed E-state index contributed by atoms with van der Waals surface area (Å²) in [7, 11) is -0.876. The first kappa shape index (κ1) is 15.9. The van der Waals surface area contributed by atoms with Crippen LogP contribution in [0.15, 0.2) is 0 Å². The molecule has 0 aliphatic carbocycles. The average molecular weight is 250 g/mol. The lowest BCUT2D eigenvalue weighted by molar-refractivity contribution is 0.339. The van der Waals surface area contributed by atoms with Gasteiger partial charge in [-0.2, -0.15) is 0 Å². The standard InChI is InChI=1S/C11H26N2O2S/c1-5-6-11(2)12-7-8-13(3)9-10-16(4,14)15/h11-12H,5-10H2,1-4H3. The highest BCUT2D eigenvalue weighted by Crippen LogP contribution is 1.94. The number of hydrogen-bond acceptors (Lipinski definition) is 4. The van der Waals surface area contributed by atoms with Gasteiger partial charge in [-0.1, -0.05) is 13.3 Å². The van der Waals surface area contributed by atoms with Crippen LogP contribution in [-0.2, 0) is 9.84 Å². The molecule has 0 amide bonds. The van der Waals surface area contributed by atoms with Gasteiger partial charge in [0, 0.05) is 31.9 Å². The zero-order valence-electron chi connectivity index (χ0n) is 11.0. The van der Waals surface area contributed by atoms with Crippen LogP contribution in [0.1, 0.15) is 26.7 Å². The van der Waals surface area contributed by atoms with Crippen molar-refractivity contribution in [3.8, 4) is 0 Å². The first-order valence-electron chi connectivity index (χ1n) is 5.94. The van der Waals surface area contributed by atoms with Crippen LogP contribution in [0.4, 0.5) is 0 Å². The minimum atomic E-state index is -2.83. The normalized spacial score (nSPS) is 14.3. The monoisotopic (exact) mass is 250 g/mol. The number of sulfone groups is 1. The summed E-state index contributed by atoms with van der Waals surface area (Å²) in [6.07, 6.45) is 3.66. The van der Waals surface area contributed by atoms with Gasteiger partial charge >= 0.3 is 0 Å². The van der Waals surface area contributed by atoms with E-state index in [9.17, 15) is 8.42 Å². The third kappa shape index (κ3) is 10.4. The maximum Gasteiger partial charge on any atom is 0.148 e. The van der Waals surface area contributed by atoms with Crippen molar-refractivity contribution in [3.63, 3.8) is 0 Å². The van der Waals surface area contributed by atoms with Crippen LogP contribution in [0, 0.1) is 0 Å². The first-order valence-corrected chi connectivity index (χ1v) is 8.01. The maximum atomic E-state index is 11.0. The predicted molar refractivity (Wildman–Crippen MR) is 69.6 cm³/mol. The van der Waals surface area contributed by atoms with Crippen molar-refractivity contribution in [2.24, 2.45) is 0 Å². The highest BCUT2D eigenvalue weighted by molar-refractivity contribution is 7.90. The van der Waals surface area contributed by atoms with Crippen LogP contribution in [0.2, 0.25) is 0 Å². The molecule has 0 heterocycles. The molecule has 0 aromatic rings. The molecule has 0 aromatic carbocycles. The summed E-state index contributed by atoms with van der Waals surface area (Å²) in [6, 6.07) is 0.549. The third-order valence-electron chi connectivity index (χ3n) is 2.55. The summed E-state index contributed by atoms with van der Waals surface area (Å²) in [4.78, 5) is 2.05. The number of nitrogens with zero attached hydrogens (tertiary/aromatic N) is 1. The van der Waals surface area contributed by atoms with Crippen molar-refractivity contribution in [1.82, 2.24) is 10.2 Å². The van der Waals surface area contributed by atoms with E-state index in [1.165, 1.54) is 19.1 Å². The molecule has 0 aliphatic heterocycles. The van der Waals surface area contributed by atoms with Gasteiger partial charge in [0.15, 0.2) is 0 Å². The molecule has 4 nitrogen and oxygen atoms in total. The smallest absolute Gasteiger partial charge is 0.148 e. The van der Waals surface area contributed by atoms with Gasteiger partial charge in [-0.15, -0.1) is 0 Å². The molecule has 0 spiro atoms. The Morgan fingerprint density at radius 3 is 2.44 bits per heavy atom. The average Bonchev–Trinajstić information content (AvgIpc) is 2.14. The molecule has 5 heteroatoms. The number of likely N-dealkylation sites (N-methyl/N-ethyl adjacent to an activating group) is 1. The Morgan fingerprint density at radius 1 is 1.31 bits per heavy atom. The Labute approximate surface area is 100 Å². The van der Waals surface area contributed by atoms with Crippen LogP contribution in [-0.4, -0.2) is 58.1 Å². The quantitative estimate of drug-likeness (QED) is 0.656. The molecule has 0 radical (unpaired) electrons. The molecule has 0 aliphatic rings. The lowest BCUT2D eigenvalue weighted by Crippen LogP contribution is -2.35. The van der Waals surface area contributed by atoms with Crippen LogP contribution in [0.25, 0.3) is 0 Å². The molecule has 98 valence electrons. The molecular formula is C11H26N2O2S. The molecule has 0 fully saturated rings. The lowest BCUT2D eigenvalue weighted by Gasteiger charge is -2.18. The second-order valence-electron chi connectivity index (χ2n) is 4.58. The van der Waals surface area contributed by atoms with E-state index in [2.05, 4.69) is 19.2 Å². The Morgan fingerprint density at radius 2 is 1.94 bits per heavy atom. The fourth-order valence-corrected chi connectivity index (χ4v) is 2.11. The van der Waals surface area contributed by atoms with Gasteiger partial charge in [0.1, 0.15) is 9.84 Å². The highest BCUT2D eigenvalue weighted by atomic mass is 32.2. The van der Waals surface area contributed by atoms with Gasteiger partial charge in [-0.25, -0.2) is 8.42 Å². The van der Waals surface area contributed by atoms with Gasteiger partial charge in [0.2, 0.25) is 0 Å². The van der Waals surface area contributed by atoms with E-state index in [4.69, 9.17) is 0 Å². The minimum absolute atomic E-state index is 0.244. The first-order chi connectivity index (χ1) is 7.35. The summed E-state index contributed by atoms with van der Waals surface area (Å²) in [5, 5.41) is 3.42. The number of nitrogens with one attached hydrogen (secondary N) is 1. The second kappa shape index (κ2) is 8.03. The Kier molecular flexibility index (Phi) is 7.97. The summed E-state index contributed by atoms with van der Waals surface area (Å²) < 4.78 is 21.9. The van der Waals surface area contributed by atoms with Crippen LogP contribution < -0.4 is 5.32 Å². The van der Waals surface area contributed by atoms with E-state index in [0.717, 1.165) is 13.1 Å². The summed E-state index contributed by atoms with van der Waals surface area (Å²) in [5.41, 5.74) is 0. The third-order valence-corrected chi connectivity index (χ3v) is 3.48. The van der Waals surface area contributed by atoms with Crippen LogP contribution >= 0.6 is 0 Å². The molecule has 1 atom stereocenters. The lowest BCUT2D eigenvalue weighted by atomic mass is 10.2. The van der Waals surface area contributed by atoms with Gasteiger partial charge in [-0.05, 0) is 20.4 Å². The number of rotatable bonds is 9. The molecule has 0 rings (SSSR count). The van der Waals surface area contributed by atoms with Crippen LogP contribution in [0.5, 0.6) is 0 Å². The molecule has 1 N–H and O–H groups in total. The van der Waals surface area contributed by atoms with Crippen molar-refractivity contribution in [2.75, 3.05) is 38.7 Å². The molecule has 0 saturated heterocycles. The molecular weight excluding hydrogens is 224 g/mol. The zero-order valence-corrected chi connectivity index (χ0v) is 11.8. The van der Waals surface area contributed by atoms with Gasteiger partial charge in [0.05, 0.1) is 5.75 Å². The van der Waals surface area contributed by atoms with E-state index < -0.39 is 9.84 Å². The number of hydrogen-bond donors (Lipinski definition) is 1. The summed E-state index contributed by atoms with van der Waals surface area (Å²) in [6.45, 7) is 6.78. The predicted octanol–water partition coefficient (Wildman–Crippen LogP) is 0.741. The second-order valence-corrected chi connectivity index (χ2v) is 6.84. The molecule has 0 aromatic heterocycles. The minimum Gasteiger partial charge on any atom is -0.313 e. The molecule has 0 bridgehead atoms. The Bertz CT molecular complexity index is 265. The van der Waals surface area contributed by atoms with Crippen molar-refractivity contribution < 1.29 is 8.42 Å². The van der Waals surface area contributed by atoms with E-state index in [-0.39, 0.29) is 5.75 Å². The van der Waals surface area contributed by atoms with Crippen molar-refractivity contribution in [1.29, 1.82) is 0 Å². The molecule has 0 saturated carbocycles. The SMILES string of the molecule is CCCC(C)NCCN(C)CCS(C)(=O)=O. The largest absolute Gasteiger partial charge is 0.313 e. The van der Waals surface area contributed by atoms with Gasteiger partial charge < -0.3 is 10.2 Å².